The summed E-state index contributed by atoms with van der Waals surface area (Å²) < 4.78 is 10.4. The molecule has 7 heteroatoms. The summed E-state index contributed by atoms with van der Waals surface area (Å²) in [6, 6.07) is 14.0. The lowest BCUT2D eigenvalue weighted by Crippen LogP contribution is -2.43. The zero-order chi connectivity index (χ0) is 18.1. The van der Waals surface area contributed by atoms with Crippen LogP contribution in [0.2, 0.25) is 5.02 Å². The van der Waals surface area contributed by atoms with Crippen molar-refractivity contribution in [2.24, 2.45) is 0 Å². The van der Waals surface area contributed by atoms with Gasteiger partial charge in [0.1, 0.15) is 11.5 Å². The van der Waals surface area contributed by atoms with E-state index in [1.54, 1.807) is 49.6 Å². The van der Waals surface area contributed by atoms with E-state index in [2.05, 4.69) is 10.9 Å². The quantitative estimate of drug-likeness (QED) is 0.613. The average molecular weight is 361 g/mol. The first-order valence-electron chi connectivity index (χ1n) is 7.37. The largest absolute Gasteiger partial charge is 0.497 e. The predicted octanol–water partition coefficient (Wildman–Crippen LogP) is 2.59. The Balaban J connectivity index is 1.76. The molecular weight excluding hydrogens is 344 g/mol. The predicted molar refractivity (Wildman–Crippen MR) is 95.3 cm³/mol. The van der Waals surface area contributed by atoms with Gasteiger partial charge in [0, 0.05) is 6.08 Å². The van der Waals surface area contributed by atoms with Gasteiger partial charge in [-0.15, -0.1) is 0 Å². The van der Waals surface area contributed by atoms with Crippen molar-refractivity contribution in [1.29, 1.82) is 0 Å². The number of halogens is 1. The van der Waals surface area contributed by atoms with Crippen LogP contribution in [0, 0.1) is 0 Å². The van der Waals surface area contributed by atoms with Gasteiger partial charge in [-0.3, -0.25) is 20.4 Å². The minimum Gasteiger partial charge on any atom is -0.497 e. The van der Waals surface area contributed by atoms with E-state index < -0.39 is 11.8 Å². The molecular formula is C18H17ClN2O4. The Morgan fingerprint density at radius 3 is 2.68 bits per heavy atom. The van der Waals surface area contributed by atoms with Crippen LogP contribution in [0.1, 0.15) is 5.56 Å². The Bertz CT molecular complexity index is 777. The summed E-state index contributed by atoms with van der Waals surface area (Å²) in [6.07, 6.45) is 2.90. The van der Waals surface area contributed by atoms with Gasteiger partial charge in [0.05, 0.1) is 12.1 Å². The van der Waals surface area contributed by atoms with Gasteiger partial charge in [-0.05, 0) is 35.9 Å². The van der Waals surface area contributed by atoms with Gasteiger partial charge in [-0.2, -0.15) is 0 Å². The number of hydrogen-bond donors (Lipinski definition) is 2. The molecule has 0 aliphatic rings. The lowest BCUT2D eigenvalue weighted by atomic mass is 10.2. The van der Waals surface area contributed by atoms with Crippen LogP contribution < -0.4 is 20.3 Å². The van der Waals surface area contributed by atoms with Crippen LogP contribution in [-0.4, -0.2) is 25.5 Å². The highest BCUT2D eigenvalue weighted by atomic mass is 35.5. The fourth-order valence-electron chi connectivity index (χ4n) is 1.83. The Kier molecular flexibility index (Phi) is 6.86. The van der Waals surface area contributed by atoms with Crippen LogP contribution in [0.5, 0.6) is 11.5 Å². The van der Waals surface area contributed by atoms with Gasteiger partial charge >= 0.3 is 0 Å². The van der Waals surface area contributed by atoms with Crippen molar-refractivity contribution in [1.82, 2.24) is 10.9 Å². The third-order valence-corrected chi connectivity index (χ3v) is 3.35. The molecule has 0 aliphatic carbocycles. The fourth-order valence-corrected chi connectivity index (χ4v) is 2.02. The second kappa shape index (κ2) is 9.34. The lowest BCUT2D eigenvalue weighted by Gasteiger charge is -2.08. The standard InChI is InChI=1S/C18H17ClN2O4/c1-24-14-6-4-5-13(11-14)9-10-17(22)20-21-18(23)12-25-16-8-3-2-7-15(16)19/h2-11H,12H2,1H3,(H,20,22)(H,21,23)/b10-9+. The number of hydrazine groups is 1. The Labute approximate surface area is 150 Å². The van der Waals surface area contributed by atoms with Gasteiger partial charge in [-0.25, -0.2) is 0 Å². The fraction of sp³-hybridized carbons (Fsp3) is 0.111. The van der Waals surface area contributed by atoms with Crippen LogP contribution in [0.15, 0.2) is 54.6 Å². The van der Waals surface area contributed by atoms with Crippen molar-refractivity contribution < 1.29 is 19.1 Å². The number of rotatable bonds is 6. The molecule has 130 valence electrons. The second-order valence-electron chi connectivity index (χ2n) is 4.87. The second-order valence-corrected chi connectivity index (χ2v) is 5.27. The molecule has 2 N–H and O–H groups in total. The molecule has 0 spiro atoms. The van der Waals surface area contributed by atoms with Crippen LogP contribution in [0.4, 0.5) is 0 Å². The maximum absolute atomic E-state index is 11.7. The zero-order valence-corrected chi connectivity index (χ0v) is 14.2. The van der Waals surface area contributed by atoms with Gasteiger partial charge < -0.3 is 9.47 Å². The number of carbonyl (C=O) groups excluding carboxylic acids is 2. The van der Waals surface area contributed by atoms with Crippen molar-refractivity contribution in [2.75, 3.05) is 13.7 Å². The van der Waals surface area contributed by atoms with Crippen molar-refractivity contribution in [2.45, 2.75) is 0 Å². The molecule has 2 aromatic carbocycles. The summed E-state index contributed by atoms with van der Waals surface area (Å²) in [7, 11) is 1.57. The number of methoxy groups -OCH3 is 1. The Morgan fingerprint density at radius 1 is 1.12 bits per heavy atom. The SMILES string of the molecule is COc1cccc(/C=C/C(=O)NNC(=O)COc2ccccc2Cl)c1. The summed E-state index contributed by atoms with van der Waals surface area (Å²) >= 11 is 5.91. The number of para-hydroxylation sites is 1. The molecule has 0 radical (unpaired) electrons. The molecule has 2 aromatic rings. The van der Waals surface area contributed by atoms with Crippen LogP contribution in [-0.2, 0) is 9.59 Å². The maximum atomic E-state index is 11.7. The minimum atomic E-state index is -0.511. The number of ether oxygens (including phenoxy) is 2. The van der Waals surface area contributed by atoms with E-state index in [1.807, 2.05) is 12.1 Å². The highest BCUT2D eigenvalue weighted by Crippen LogP contribution is 2.22. The van der Waals surface area contributed by atoms with Gasteiger partial charge in [-0.1, -0.05) is 35.9 Å². The van der Waals surface area contributed by atoms with Crippen LogP contribution in [0.25, 0.3) is 6.08 Å². The van der Waals surface area contributed by atoms with Gasteiger partial charge in [0.25, 0.3) is 11.8 Å². The summed E-state index contributed by atoms with van der Waals surface area (Å²) in [5.74, 6) is 0.0908. The molecule has 0 saturated carbocycles. The Hall–Kier alpha value is -2.99. The van der Waals surface area contributed by atoms with E-state index >= 15 is 0 Å². The van der Waals surface area contributed by atoms with Crippen LogP contribution in [0.3, 0.4) is 0 Å². The molecule has 0 saturated heterocycles. The summed E-state index contributed by atoms with van der Waals surface area (Å²) in [5, 5.41) is 0.403. The maximum Gasteiger partial charge on any atom is 0.276 e. The number of carbonyl (C=O) groups is 2. The number of amides is 2. The number of nitrogens with one attached hydrogen (secondary N) is 2. The van der Waals surface area contributed by atoms with E-state index in [1.165, 1.54) is 6.08 Å². The van der Waals surface area contributed by atoms with E-state index in [4.69, 9.17) is 21.1 Å². The highest BCUT2D eigenvalue weighted by molar-refractivity contribution is 6.32. The number of hydrogen-bond acceptors (Lipinski definition) is 4. The first kappa shape index (κ1) is 18.4. The van der Waals surface area contributed by atoms with E-state index in [0.717, 1.165) is 5.56 Å². The molecule has 2 amide bonds. The molecule has 0 heterocycles. The molecule has 0 fully saturated rings. The van der Waals surface area contributed by atoms with E-state index in [0.29, 0.717) is 16.5 Å². The van der Waals surface area contributed by atoms with E-state index in [9.17, 15) is 9.59 Å². The minimum absolute atomic E-state index is 0.274. The molecule has 0 atom stereocenters. The first-order chi connectivity index (χ1) is 12.1. The summed E-state index contributed by atoms with van der Waals surface area (Å²) in [5.41, 5.74) is 5.31. The number of benzene rings is 2. The molecule has 25 heavy (non-hydrogen) atoms. The molecule has 0 aromatic heterocycles. The molecule has 0 aliphatic heterocycles. The zero-order valence-electron chi connectivity index (χ0n) is 13.5. The monoisotopic (exact) mass is 360 g/mol. The topological polar surface area (TPSA) is 76.7 Å². The van der Waals surface area contributed by atoms with E-state index in [-0.39, 0.29) is 6.61 Å². The normalized spacial score (nSPS) is 10.3. The van der Waals surface area contributed by atoms with Crippen molar-refractivity contribution in [3.8, 4) is 11.5 Å². The summed E-state index contributed by atoms with van der Waals surface area (Å²) in [6.45, 7) is -0.274. The summed E-state index contributed by atoms with van der Waals surface area (Å²) in [4.78, 5) is 23.4. The molecule has 0 bridgehead atoms. The highest BCUT2D eigenvalue weighted by Gasteiger charge is 2.06. The first-order valence-corrected chi connectivity index (χ1v) is 7.74. The molecule has 2 rings (SSSR count). The van der Waals surface area contributed by atoms with Crippen molar-refractivity contribution >= 4 is 29.5 Å². The molecule has 0 unspecified atom stereocenters. The van der Waals surface area contributed by atoms with Crippen molar-refractivity contribution in [3.05, 3.63) is 65.2 Å². The van der Waals surface area contributed by atoms with Gasteiger partial charge in [0.2, 0.25) is 0 Å². The average Bonchev–Trinajstić information content (AvgIpc) is 2.64. The third kappa shape index (κ3) is 6.19. The third-order valence-electron chi connectivity index (χ3n) is 3.04. The van der Waals surface area contributed by atoms with Crippen molar-refractivity contribution in [3.63, 3.8) is 0 Å². The van der Waals surface area contributed by atoms with Gasteiger partial charge in [0.15, 0.2) is 6.61 Å². The lowest BCUT2D eigenvalue weighted by molar-refractivity contribution is -0.128. The molecule has 6 nitrogen and oxygen atoms in total. The van der Waals surface area contributed by atoms with Crippen LogP contribution >= 0.6 is 11.6 Å². The smallest absolute Gasteiger partial charge is 0.276 e. The Morgan fingerprint density at radius 2 is 1.92 bits per heavy atom.